The van der Waals surface area contributed by atoms with Crippen LogP contribution in [-0.2, 0) is 0 Å². The van der Waals surface area contributed by atoms with Crippen LogP contribution < -0.4 is 10.6 Å². The van der Waals surface area contributed by atoms with Crippen LogP contribution in [0.1, 0.15) is 59.2 Å². The maximum absolute atomic E-state index is 12.0. The third-order valence-electron chi connectivity index (χ3n) is 4.35. The molecule has 4 nitrogen and oxygen atoms in total. The van der Waals surface area contributed by atoms with E-state index in [1.54, 1.807) is 48.5 Å². The summed E-state index contributed by atoms with van der Waals surface area (Å²) in [6, 6.07) is 13.9. The summed E-state index contributed by atoms with van der Waals surface area (Å²) in [5.41, 5.74) is 1.18. The van der Waals surface area contributed by atoms with Crippen molar-refractivity contribution in [3.8, 4) is 0 Å². The molecule has 2 aromatic carbocycles. The molecule has 2 aromatic rings. The SMILES string of the molecule is O=C(NCCCCCCCCNC(=O)c1cccc(Cl)c1)c1cccc(Cl)c1. The molecule has 0 unspecified atom stereocenters. The summed E-state index contributed by atoms with van der Waals surface area (Å²) >= 11 is 11.8. The second-order valence-corrected chi connectivity index (χ2v) is 7.53. The second-order valence-electron chi connectivity index (χ2n) is 6.65. The molecule has 0 aliphatic carbocycles. The lowest BCUT2D eigenvalue weighted by atomic mass is 10.1. The topological polar surface area (TPSA) is 58.2 Å². The summed E-state index contributed by atoms with van der Waals surface area (Å²) < 4.78 is 0. The molecule has 0 aromatic heterocycles. The van der Waals surface area contributed by atoms with Crippen molar-refractivity contribution in [2.24, 2.45) is 0 Å². The zero-order valence-corrected chi connectivity index (χ0v) is 17.4. The summed E-state index contributed by atoms with van der Waals surface area (Å²) in [7, 11) is 0. The smallest absolute Gasteiger partial charge is 0.251 e. The Hall–Kier alpha value is -2.04. The summed E-state index contributed by atoms with van der Waals surface area (Å²) in [5.74, 6) is -0.170. The molecular formula is C22H26Cl2N2O2. The van der Waals surface area contributed by atoms with Crippen molar-refractivity contribution in [1.29, 1.82) is 0 Å². The van der Waals surface area contributed by atoms with Gasteiger partial charge in [0.05, 0.1) is 0 Å². The highest BCUT2D eigenvalue weighted by Crippen LogP contribution is 2.11. The molecule has 0 heterocycles. The zero-order chi connectivity index (χ0) is 20.2. The molecule has 0 radical (unpaired) electrons. The van der Waals surface area contributed by atoms with Crippen LogP contribution in [0.2, 0.25) is 10.0 Å². The highest BCUT2D eigenvalue weighted by molar-refractivity contribution is 6.31. The number of carbonyl (C=O) groups is 2. The molecule has 0 saturated heterocycles. The number of hydrogen-bond acceptors (Lipinski definition) is 2. The van der Waals surface area contributed by atoms with Gasteiger partial charge in [-0.3, -0.25) is 9.59 Å². The first-order chi connectivity index (χ1) is 13.6. The van der Waals surface area contributed by atoms with E-state index in [4.69, 9.17) is 23.2 Å². The zero-order valence-electron chi connectivity index (χ0n) is 15.8. The molecule has 2 rings (SSSR count). The molecule has 0 atom stereocenters. The van der Waals surface area contributed by atoms with Gasteiger partial charge in [-0.25, -0.2) is 0 Å². The molecule has 0 spiro atoms. The fourth-order valence-electron chi connectivity index (χ4n) is 2.82. The van der Waals surface area contributed by atoms with Gasteiger partial charge in [0.25, 0.3) is 11.8 Å². The van der Waals surface area contributed by atoms with Crippen molar-refractivity contribution in [1.82, 2.24) is 10.6 Å². The lowest BCUT2D eigenvalue weighted by Crippen LogP contribution is -2.24. The van der Waals surface area contributed by atoms with Crippen LogP contribution in [0.3, 0.4) is 0 Å². The Morgan fingerprint density at radius 2 is 1.04 bits per heavy atom. The molecule has 0 saturated carbocycles. The summed E-state index contributed by atoms with van der Waals surface area (Å²) in [5, 5.41) is 6.96. The first kappa shape index (κ1) is 22.3. The van der Waals surface area contributed by atoms with Gasteiger partial charge in [-0.1, -0.05) is 61.0 Å². The Labute approximate surface area is 176 Å². The summed E-state index contributed by atoms with van der Waals surface area (Å²) in [6.07, 6.45) is 6.30. The maximum Gasteiger partial charge on any atom is 0.251 e. The van der Waals surface area contributed by atoms with Crippen LogP contribution >= 0.6 is 23.2 Å². The van der Waals surface area contributed by atoms with Gasteiger partial charge in [0.1, 0.15) is 0 Å². The largest absolute Gasteiger partial charge is 0.352 e. The number of carbonyl (C=O) groups excluding carboxylic acids is 2. The minimum atomic E-state index is -0.0852. The Kier molecular flexibility index (Phi) is 9.87. The van der Waals surface area contributed by atoms with E-state index >= 15 is 0 Å². The average Bonchev–Trinajstić information content (AvgIpc) is 2.69. The van der Waals surface area contributed by atoms with Crippen molar-refractivity contribution in [2.45, 2.75) is 38.5 Å². The lowest BCUT2D eigenvalue weighted by Gasteiger charge is -2.07. The van der Waals surface area contributed by atoms with Crippen molar-refractivity contribution in [3.05, 3.63) is 69.7 Å². The number of amides is 2. The van der Waals surface area contributed by atoms with E-state index < -0.39 is 0 Å². The van der Waals surface area contributed by atoms with Gasteiger partial charge in [0, 0.05) is 34.3 Å². The van der Waals surface area contributed by atoms with Crippen LogP contribution in [0.25, 0.3) is 0 Å². The molecule has 0 fully saturated rings. The normalized spacial score (nSPS) is 10.5. The fraction of sp³-hybridized carbons (Fsp3) is 0.364. The molecule has 0 aliphatic rings. The van der Waals surface area contributed by atoms with Crippen molar-refractivity contribution in [2.75, 3.05) is 13.1 Å². The van der Waals surface area contributed by atoms with Crippen LogP contribution in [-0.4, -0.2) is 24.9 Å². The van der Waals surface area contributed by atoms with E-state index in [1.807, 2.05) is 0 Å². The Morgan fingerprint density at radius 3 is 1.43 bits per heavy atom. The van der Waals surface area contributed by atoms with Crippen LogP contribution in [0.15, 0.2) is 48.5 Å². The molecule has 150 valence electrons. The molecule has 6 heteroatoms. The Morgan fingerprint density at radius 1 is 0.643 bits per heavy atom. The number of unbranched alkanes of at least 4 members (excludes halogenated alkanes) is 5. The third kappa shape index (κ3) is 8.32. The highest BCUT2D eigenvalue weighted by Gasteiger charge is 2.05. The molecular weight excluding hydrogens is 395 g/mol. The van der Waals surface area contributed by atoms with Crippen LogP contribution in [0.4, 0.5) is 0 Å². The fourth-order valence-corrected chi connectivity index (χ4v) is 3.21. The van der Waals surface area contributed by atoms with Gasteiger partial charge in [0.2, 0.25) is 0 Å². The molecule has 2 N–H and O–H groups in total. The highest BCUT2D eigenvalue weighted by atomic mass is 35.5. The molecule has 0 bridgehead atoms. The molecule has 0 aliphatic heterocycles. The number of nitrogens with one attached hydrogen (secondary N) is 2. The Bertz CT molecular complexity index is 715. The van der Waals surface area contributed by atoms with E-state index in [0.29, 0.717) is 34.3 Å². The quantitative estimate of drug-likeness (QED) is 0.471. The van der Waals surface area contributed by atoms with Crippen molar-refractivity contribution >= 4 is 35.0 Å². The van der Waals surface area contributed by atoms with Crippen LogP contribution in [0, 0.1) is 0 Å². The van der Waals surface area contributed by atoms with E-state index in [-0.39, 0.29) is 11.8 Å². The van der Waals surface area contributed by atoms with Gasteiger partial charge < -0.3 is 10.6 Å². The van der Waals surface area contributed by atoms with E-state index in [2.05, 4.69) is 10.6 Å². The monoisotopic (exact) mass is 420 g/mol. The van der Waals surface area contributed by atoms with E-state index in [0.717, 1.165) is 38.5 Å². The van der Waals surface area contributed by atoms with E-state index in [1.165, 1.54) is 0 Å². The van der Waals surface area contributed by atoms with Crippen LogP contribution in [0.5, 0.6) is 0 Å². The standard InChI is InChI=1S/C22H26Cl2N2O2/c23-19-11-7-9-17(15-19)21(27)25-13-5-3-1-2-4-6-14-26-22(28)18-10-8-12-20(24)16-18/h7-12,15-16H,1-6,13-14H2,(H,25,27)(H,26,28). The predicted octanol–water partition coefficient (Wildman–Crippen LogP) is 5.49. The van der Waals surface area contributed by atoms with E-state index in [9.17, 15) is 9.59 Å². The molecule has 2 amide bonds. The van der Waals surface area contributed by atoms with Gasteiger partial charge >= 0.3 is 0 Å². The van der Waals surface area contributed by atoms with Gasteiger partial charge in [-0.05, 0) is 49.2 Å². The first-order valence-corrected chi connectivity index (χ1v) is 10.4. The number of hydrogen-bond donors (Lipinski definition) is 2. The summed E-state index contributed by atoms with van der Waals surface area (Å²) in [4.78, 5) is 23.9. The number of halogens is 2. The minimum absolute atomic E-state index is 0.0852. The van der Waals surface area contributed by atoms with Crippen molar-refractivity contribution < 1.29 is 9.59 Å². The molecule has 28 heavy (non-hydrogen) atoms. The Balaban J connectivity index is 1.45. The number of benzene rings is 2. The maximum atomic E-state index is 12.0. The van der Waals surface area contributed by atoms with Crippen molar-refractivity contribution in [3.63, 3.8) is 0 Å². The second kappa shape index (κ2) is 12.4. The minimum Gasteiger partial charge on any atom is -0.352 e. The van der Waals surface area contributed by atoms with Gasteiger partial charge in [-0.2, -0.15) is 0 Å². The summed E-state index contributed by atoms with van der Waals surface area (Å²) in [6.45, 7) is 1.34. The predicted molar refractivity (Wildman–Crippen MR) is 115 cm³/mol. The third-order valence-corrected chi connectivity index (χ3v) is 4.82. The van der Waals surface area contributed by atoms with Gasteiger partial charge in [0.15, 0.2) is 0 Å². The average molecular weight is 421 g/mol. The first-order valence-electron chi connectivity index (χ1n) is 9.64. The lowest BCUT2D eigenvalue weighted by molar-refractivity contribution is 0.0944. The number of rotatable bonds is 11. The van der Waals surface area contributed by atoms with Gasteiger partial charge in [-0.15, -0.1) is 0 Å².